The van der Waals surface area contributed by atoms with Crippen LogP contribution in [0.3, 0.4) is 0 Å². The van der Waals surface area contributed by atoms with Gasteiger partial charge in [0.25, 0.3) is 0 Å². The third-order valence-corrected chi connectivity index (χ3v) is 7.28. The summed E-state index contributed by atoms with van der Waals surface area (Å²) in [6, 6.07) is 11.0. The first-order valence-corrected chi connectivity index (χ1v) is 14.1. The number of allylic oxidation sites excluding steroid dienone is 1. The van der Waals surface area contributed by atoms with Gasteiger partial charge in [-0.15, -0.1) is 6.58 Å². The summed E-state index contributed by atoms with van der Waals surface area (Å²) in [6.07, 6.45) is -3.11. The summed E-state index contributed by atoms with van der Waals surface area (Å²) in [6.45, 7) is 8.24. The molecule has 0 fully saturated rings. The number of esters is 2. The second kappa shape index (κ2) is 15.6. The third-order valence-electron chi connectivity index (χ3n) is 7.28. The van der Waals surface area contributed by atoms with Gasteiger partial charge >= 0.3 is 18.1 Å². The van der Waals surface area contributed by atoms with E-state index in [0.717, 1.165) is 17.7 Å². The highest BCUT2D eigenvalue weighted by Crippen LogP contribution is 2.34. The zero-order chi connectivity index (χ0) is 33.3. The molecule has 1 unspecified atom stereocenters. The van der Waals surface area contributed by atoms with E-state index in [1.807, 2.05) is 0 Å². The molecule has 1 heterocycles. The summed E-state index contributed by atoms with van der Waals surface area (Å²) >= 11 is 0. The molecule has 0 radical (unpaired) electrons. The molecule has 0 spiro atoms. The average molecular weight is 633 g/mol. The molecule has 5 atom stereocenters. The van der Waals surface area contributed by atoms with Gasteiger partial charge in [0.15, 0.2) is 17.7 Å². The van der Waals surface area contributed by atoms with Crippen molar-refractivity contribution >= 4 is 11.9 Å². The minimum atomic E-state index is -4.47. The van der Waals surface area contributed by atoms with Crippen LogP contribution in [0.2, 0.25) is 0 Å². The van der Waals surface area contributed by atoms with E-state index in [2.05, 4.69) is 16.9 Å². The van der Waals surface area contributed by atoms with E-state index < -0.39 is 53.8 Å². The summed E-state index contributed by atoms with van der Waals surface area (Å²) in [4.78, 5) is 28.9. The summed E-state index contributed by atoms with van der Waals surface area (Å²) in [5.41, 5.74) is 0.532. The number of aromatic nitrogens is 1. The van der Waals surface area contributed by atoms with Gasteiger partial charge in [-0.3, -0.25) is 19.9 Å². The van der Waals surface area contributed by atoms with Gasteiger partial charge in [-0.25, -0.2) is 4.39 Å². The molecular weight excluding hydrogens is 596 g/mol. The molecular formula is C33H36F4N2O6. The fraction of sp³-hybridized carbons (Fsp3) is 0.364. The number of methoxy groups -OCH3 is 1. The zero-order valence-electron chi connectivity index (χ0n) is 25.3. The molecule has 0 saturated heterocycles. The van der Waals surface area contributed by atoms with Crippen LogP contribution in [0, 0.1) is 17.7 Å². The minimum absolute atomic E-state index is 0.0882. The molecule has 1 aromatic heterocycles. The number of carbonyl (C=O) groups excluding carboxylic acids is 2. The van der Waals surface area contributed by atoms with Crippen LogP contribution < -0.4 is 14.8 Å². The van der Waals surface area contributed by atoms with Crippen LogP contribution in [0.1, 0.15) is 49.4 Å². The number of nitrogens with one attached hydrogen (secondary N) is 1. The van der Waals surface area contributed by atoms with E-state index in [0.29, 0.717) is 18.4 Å². The van der Waals surface area contributed by atoms with Crippen LogP contribution in [-0.2, 0) is 33.3 Å². The molecule has 242 valence electrons. The lowest BCUT2D eigenvalue weighted by atomic mass is 9.79. The standard InChI is InChI=1S/C33H36F4N2O6/c1-6-24(17-22-7-11-25(12-8-22)33(35,36)37)27(18-23-9-13-26(34)14-10-23)20(3)44-32(42)19(2)39-31(41)29-30(45-21(4)40)28(43-5)15-16-38-29/h6-16,19-20,24,27,31,39,41H,1,17-18H2,2-5H3/t19-,20-,24+,27-,31?/m0/s1. The molecule has 2 N–H and O–H groups in total. The Balaban J connectivity index is 1.79. The van der Waals surface area contributed by atoms with Crippen molar-refractivity contribution in [1.29, 1.82) is 0 Å². The Morgan fingerprint density at radius 3 is 2.18 bits per heavy atom. The summed E-state index contributed by atoms with van der Waals surface area (Å²) in [5.74, 6) is -2.54. The van der Waals surface area contributed by atoms with Gasteiger partial charge < -0.3 is 19.3 Å². The van der Waals surface area contributed by atoms with Gasteiger partial charge in [-0.05, 0) is 68.0 Å². The number of aliphatic hydroxyl groups excluding tert-OH is 1. The van der Waals surface area contributed by atoms with Gasteiger partial charge in [0, 0.05) is 25.1 Å². The first-order valence-electron chi connectivity index (χ1n) is 14.1. The Kier molecular flexibility index (Phi) is 12.2. The van der Waals surface area contributed by atoms with Crippen molar-refractivity contribution in [3.8, 4) is 11.5 Å². The number of hydrogen-bond donors (Lipinski definition) is 2. The van der Waals surface area contributed by atoms with E-state index in [4.69, 9.17) is 14.2 Å². The number of alkyl halides is 3. The van der Waals surface area contributed by atoms with E-state index in [-0.39, 0.29) is 23.1 Å². The van der Waals surface area contributed by atoms with Crippen LogP contribution in [0.5, 0.6) is 11.5 Å². The maximum absolute atomic E-state index is 13.6. The molecule has 0 aliphatic rings. The number of ether oxygens (including phenoxy) is 3. The third kappa shape index (κ3) is 9.85. The molecule has 3 aromatic rings. The Morgan fingerprint density at radius 1 is 1.02 bits per heavy atom. The fourth-order valence-electron chi connectivity index (χ4n) is 4.87. The van der Waals surface area contributed by atoms with Crippen LogP contribution in [0.4, 0.5) is 17.6 Å². The molecule has 0 aliphatic carbocycles. The molecule has 2 aromatic carbocycles. The van der Waals surface area contributed by atoms with Crippen molar-refractivity contribution in [1.82, 2.24) is 10.3 Å². The number of hydrogen-bond acceptors (Lipinski definition) is 8. The van der Waals surface area contributed by atoms with E-state index in [1.165, 1.54) is 57.5 Å². The molecule has 45 heavy (non-hydrogen) atoms. The van der Waals surface area contributed by atoms with Gasteiger partial charge in [0.2, 0.25) is 0 Å². The quantitative estimate of drug-likeness (QED) is 0.0969. The van der Waals surface area contributed by atoms with E-state index in [9.17, 15) is 32.3 Å². The SMILES string of the molecule is C=C[C@H](Cc1ccc(C(F)(F)F)cc1)[C@@H](Cc1ccc(F)cc1)[C@H](C)OC(=O)[C@H](C)NC(O)c1nccc(OC)c1OC(C)=O. The van der Waals surface area contributed by atoms with Crippen LogP contribution >= 0.6 is 0 Å². The van der Waals surface area contributed by atoms with Crippen molar-refractivity contribution < 1.29 is 46.5 Å². The summed E-state index contributed by atoms with van der Waals surface area (Å²) < 4.78 is 69.0. The maximum Gasteiger partial charge on any atom is 0.416 e. The van der Waals surface area contributed by atoms with Gasteiger partial charge in [-0.2, -0.15) is 13.2 Å². The molecule has 0 bridgehead atoms. The number of rotatable bonds is 14. The first kappa shape index (κ1) is 35.2. The Labute approximate surface area is 259 Å². The van der Waals surface area contributed by atoms with E-state index >= 15 is 0 Å². The second-order valence-corrected chi connectivity index (χ2v) is 10.5. The molecule has 8 nitrogen and oxygen atoms in total. The predicted molar refractivity (Wildman–Crippen MR) is 158 cm³/mol. The van der Waals surface area contributed by atoms with Crippen LogP contribution in [0.15, 0.2) is 73.4 Å². The lowest BCUT2D eigenvalue weighted by Crippen LogP contribution is -2.41. The topological polar surface area (TPSA) is 107 Å². The van der Waals surface area contributed by atoms with Crippen molar-refractivity contribution in [2.24, 2.45) is 11.8 Å². The summed E-state index contributed by atoms with van der Waals surface area (Å²) in [7, 11) is 1.35. The number of pyridine rings is 1. The smallest absolute Gasteiger partial charge is 0.416 e. The average Bonchev–Trinajstić information content (AvgIpc) is 2.99. The molecule has 0 saturated carbocycles. The van der Waals surface area contributed by atoms with Crippen LogP contribution in [0.25, 0.3) is 0 Å². The van der Waals surface area contributed by atoms with Crippen molar-refractivity contribution in [2.75, 3.05) is 7.11 Å². The minimum Gasteiger partial charge on any atom is -0.493 e. The van der Waals surface area contributed by atoms with Gasteiger partial charge in [0.1, 0.15) is 23.7 Å². The largest absolute Gasteiger partial charge is 0.493 e. The maximum atomic E-state index is 13.6. The Bertz CT molecular complexity index is 1450. The second-order valence-electron chi connectivity index (χ2n) is 10.5. The zero-order valence-corrected chi connectivity index (χ0v) is 25.3. The van der Waals surface area contributed by atoms with Gasteiger partial charge in [-0.1, -0.05) is 30.3 Å². The highest BCUT2D eigenvalue weighted by molar-refractivity contribution is 5.75. The van der Waals surface area contributed by atoms with Crippen molar-refractivity contribution in [3.05, 3.63) is 102 Å². The molecule has 12 heteroatoms. The molecule has 0 amide bonds. The molecule has 0 aliphatic heterocycles. The van der Waals surface area contributed by atoms with Crippen molar-refractivity contribution in [2.45, 2.75) is 58.2 Å². The fourth-order valence-corrected chi connectivity index (χ4v) is 4.87. The normalized spacial score (nSPS) is 14.9. The van der Waals surface area contributed by atoms with Crippen molar-refractivity contribution in [3.63, 3.8) is 0 Å². The number of benzene rings is 2. The Morgan fingerprint density at radius 2 is 1.62 bits per heavy atom. The lowest BCUT2D eigenvalue weighted by Gasteiger charge is -2.31. The highest BCUT2D eigenvalue weighted by Gasteiger charge is 2.32. The number of carbonyl (C=O) groups is 2. The number of aliphatic hydroxyl groups is 1. The Hall–Kier alpha value is -4.29. The monoisotopic (exact) mass is 632 g/mol. The molecule has 3 rings (SSSR count). The predicted octanol–water partition coefficient (Wildman–Crippen LogP) is 5.98. The van der Waals surface area contributed by atoms with E-state index in [1.54, 1.807) is 25.1 Å². The first-order chi connectivity index (χ1) is 21.2. The summed E-state index contributed by atoms with van der Waals surface area (Å²) in [5, 5.41) is 13.5. The lowest BCUT2D eigenvalue weighted by molar-refractivity contribution is -0.154. The van der Waals surface area contributed by atoms with Gasteiger partial charge in [0.05, 0.1) is 12.7 Å². The highest BCUT2D eigenvalue weighted by atomic mass is 19.4. The van der Waals surface area contributed by atoms with Crippen LogP contribution in [-0.4, -0.2) is 41.3 Å². The number of halogens is 4. The number of nitrogens with zero attached hydrogens (tertiary/aromatic N) is 1.